The number of rotatable bonds is 5. The van der Waals surface area contributed by atoms with Crippen LogP contribution < -0.4 is 5.32 Å². The van der Waals surface area contributed by atoms with Crippen LogP contribution >= 0.6 is 0 Å². The molecule has 0 bridgehead atoms. The summed E-state index contributed by atoms with van der Waals surface area (Å²) in [4.78, 5) is 4.72. The molecule has 0 saturated carbocycles. The van der Waals surface area contributed by atoms with Crippen molar-refractivity contribution in [2.75, 3.05) is 5.32 Å². The Kier molecular flexibility index (Phi) is 3.93. The maximum absolute atomic E-state index is 4.72. The molecule has 3 heterocycles. The predicted octanol–water partition coefficient (Wildman–Crippen LogP) is 3.69. The fourth-order valence-corrected chi connectivity index (χ4v) is 2.99. The molecule has 6 nitrogen and oxygen atoms in total. The number of aromatic nitrogens is 5. The molecular formula is C19H20N6. The summed E-state index contributed by atoms with van der Waals surface area (Å²) < 4.78 is 3.66. The summed E-state index contributed by atoms with van der Waals surface area (Å²) in [5, 5.41) is 12.3. The monoisotopic (exact) mass is 332 g/mol. The zero-order valence-electron chi connectivity index (χ0n) is 14.3. The Labute approximate surface area is 146 Å². The second kappa shape index (κ2) is 6.39. The number of nitrogens with zero attached hydrogens (tertiary/aromatic N) is 5. The maximum Gasteiger partial charge on any atom is 0.157 e. The van der Waals surface area contributed by atoms with Gasteiger partial charge in [0.05, 0.1) is 24.1 Å². The van der Waals surface area contributed by atoms with Crippen LogP contribution in [0.4, 0.5) is 5.82 Å². The van der Waals surface area contributed by atoms with E-state index in [4.69, 9.17) is 4.98 Å². The third kappa shape index (κ3) is 2.98. The second-order valence-corrected chi connectivity index (χ2v) is 6.05. The van der Waals surface area contributed by atoms with E-state index < -0.39 is 0 Å². The Balaban J connectivity index is 1.76. The van der Waals surface area contributed by atoms with Crippen LogP contribution in [0, 0.1) is 0 Å². The molecular weight excluding hydrogens is 312 g/mol. The molecule has 4 aromatic rings. The van der Waals surface area contributed by atoms with Gasteiger partial charge in [0.15, 0.2) is 5.65 Å². The summed E-state index contributed by atoms with van der Waals surface area (Å²) in [6, 6.07) is 14.3. The van der Waals surface area contributed by atoms with Gasteiger partial charge in [0.2, 0.25) is 0 Å². The summed E-state index contributed by atoms with van der Waals surface area (Å²) in [5.74, 6) is 0.921. The van der Waals surface area contributed by atoms with E-state index in [1.807, 2.05) is 59.0 Å². The highest BCUT2D eigenvalue weighted by atomic mass is 15.3. The first-order chi connectivity index (χ1) is 12.2. The Bertz CT molecular complexity index is 986. The molecule has 6 heteroatoms. The van der Waals surface area contributed by atoms with Crippen molar-refractivity contribution in [1.82, 2.24) is 24.4 Å². The van der Waals surface area contributed by atoms with E-state index >= 15 is 0 Å². The second-order valence-electron chi connectivity index (χ2n) is 6.05. The molecule has 1 N–H and O–H groups in total. The smallest absolute Gasteiger partial charge is 0.157 e. The summed E-state index contributed by atoms with van der Waals surface area (Å²) in [6.45, 7) is 2.16. The number of nitrogens with one attached hydrogen (secondary N) is 1. The summed E-state index contributed by atoms with van der Waals surface area (Å²) >= 11 is 0. The van der Waals surface area contributed by atoms with E-state index in [1.165, 1.54) is 0 Å². The molecule has 1 unspecified atom stereocenters. The van der Waals surface area contributed by atoms with Crippen molar-refractivity contribution in [2.45, 2.75) is 19.4 Å². The number of hydrogen-bond donors (Lipinski definition) is 1. The Morgan fingerprint density at radius 2 is 1.96 bits per heavy atom. The average molecular weight is 332 g/mol. The molecule has 0 aliphatic rings. The topological polar surface area (TPSA) is 60.0 Å². The number of benzene rings is 1. The lowest BCUT2D eigenvalue weighted by molar-refractivity contribution is 0.729. The molecule has 0 aliphatic heterocycles. The molecule has 0 spiro atoms. The Morgan fingerprint density at radius 1 is 1.12 bits per heavy atom. The van der Waals surface area contributed by atoms with Crippen LogP contribution in [-0.4, -0.2) is 24.4 Å². The van der Waals surface area contributed by atoms with E-state index in [-0.39, 0.29) is 6.04 Å². The standard InChI is InChI=1S/C19H20N6/c1-3-16(15-12-21-24(2)13-15)22-19-11-17(14-7-5-4-6-8-14)23-18-9-10-20-25(18)19/h4-13,16,22H,3H2,1-2H3. The van der Waals surface area contributed by atoms with Crippen molar-refractivity contribution in [2.24, 2.45) is 7.05 Å². The van der Waals surface area contributed by atoms with E-state index in [1.54, 1.807) is 6.20 Å². The van der Waals surface area contributed by atoms with E-state index in [9.17, 15) is 0 Å². The van der Waals surface area contributed by atoms with Crippen molar-refractivity contribution < 1.29 is 0 Å². The van der Waals surface area contributed by atoms with Crippen LogP contribution in [0.25, 0.3) is 16.9 Å². The fraction of sp³-hybridized carbons (Fsp3) is 0.211. The molecule has 1 aromatic carbocycles. The van der Waals surface area contributed by atoms with Crippen molar-refractivity contribution in [3.8, 4) is 11.3 Å². The van der Waals surface area contributed by atoms with Crippen LogP contribution in [0.15, 0.2) is 61.1 Å². The van der Waals surface area contributed by atoms with Gasteiger partial charge in [0, 0.05) is 36.5 Å². The lowest BCUT2D eigenvalue weighted by Crippen LogP contribution is -2.13. The predicted molar refractivity (Wildman–Crippen MR) is 98.3 cm³/mol. The van der Waals surface area contributed by atoms with Gasteiger partial charge in [0.1, 0.15) is 5.82 Å². The summed E-state index contributed by atoms with van der Waals surface area (Å²) in [6.07, 6.45) is 6.66. The third-order valence-corrected chi connectivity index (χ3v) is 4.29. The number of aryl methyl sites for hydroxylation is 1. The minimum Gasteiger partial charge on any atom is -0.363 e. The molecule has 4 rings (SSSR count). The van der Waals surface area contributed by atoms with Gasteiger partial charge in [-0.05, 0) is 6.42 Å². The molecule has 0 aliphatic carbocycles. The first-order valence-electron chi connectivity index (χ1n) is 8.40. The highest BCUT2D eigenvalue weighted by molar-refractivity contribution is 5.66. The van der Waals surface area contributed by atoms with Crippen LogP contribution in [-0.2, 0) is 7.05 Å². The van der Waals surface area contributed by atoms with Crippen LogP contribution in [0.3, 0.4) is 0 Å². The minimum atomic E-state index is 0.159. The van der Waals surface area contributed by atoms with Crippen molar-refractivity contribution in [3.63, 3.8) is 0 Å². The van der Waals surface area contributed by atoms with Gasteiger partial charge in [-0.15, -0.1) is 0 Å². The average Bonchev–Trinajstić information content (AvgIpc) is 3.29. The van der Waals surface area contributed by atoms with Gasteiger partial charge >= 0.3 is 0 Å². The normalized spacial score (nSPS) is 12.4. The number of hydrogen-bond acceptors (Lipinski definition) is 4. The Morgan fingerprint density at radius 3 is 2.68 bits per heavy atom. The van der Waals surface area contributed by atoms with Crippen molar-refractivity contribution >= 4 is 11.5 Å². The molecule has 0 amide bonds. The Hall–Kier alpha value is -3.15. The number of anilines is 1. The quantitative estimate of drug-likeness (QED) is 0.605. The first-order valence-corrected chi connectivity index (χ1v) is 8.40. The largest absolute Gasteiger partial charge is 0.363 e. The molecule has 1 atom stereocenters. The fourth-order valence-electron chi connectivity index (χ4n) is 2.99. The first kappa shape index (κ1) is 15.4. The molecule has 126 valence electrons. The van der Waals surface area contributed by atoms with Gasteiger partial charge in [-0.25, -0.2) is 4.98 Å². The molecule has 0 saturated heterocycles. The van der Waals surface area contributed by atoms with E-state index in [0.717, 1.165) is 34.7 Å². The van der Waals surface area contributed by atoms with Gasteiger partial charge in [-0.2, -0.15) is 14.7 Å². The van der Waals surface area contributed by atoms with Gasteiger partial charge < -0.3 is 5.32 Å². The van der Waals surface area contributed by atoms with Crippen LogP contribution in [0.2, 0.25) is 0 Å². The lowest BCUT2D eigenvalue weighted by Gasteiger charge is -2.18. The highest BCUT2D eigenvalue weighted by Crippen LogP contribution is 2.26. The van der Waals surface area contributed by atoms with Gasteiger partial charge in [0.25, 0.3) is 0 Å². The van der Waals surface area contributed by atoms with Gasteiger partial charge in [-0.1, -0.05) is 37.3 Å². The maximum atomic E-state index is 4.72. The summed E-state index contributed by atoms with van der Waals surface area (Å²) in [5.41, 5.74) is 3.99. The number of fused-ring (bicyclic) bond motifs is 1. The molecule has 0 radical (unpaired) electrons. The highest BCUT2D eigenvalue weighted by Gasteiger charge is 2.15. The van der Waals surface area contributed by atoms with Crippen molar-refractivity contribution in [3.05, 3.63) is 66.6 Å². The zero-order valence-corrected chi connectivity index (χ0v) is 14.3. The SMILES string of the molecule is CCC(Nc1cc(-c2ccccc2)nc2ccnn12)c1cnn(C)c1. The van der Waals surface area contributed by atoms with E-state index in [0.29, 0.717) is 0 Å². The summed E-state index contributed by atoms with van der Waals surface area (Å²) in [7, 11) is 1.93. The van der Waals surface area contributed by atoms with Crippen LogP contribution in [0.1, 0.15) is 24.9 Å². The third-order valence-electron chi connectivity index (χ3n) is 4.29. The molecule has 3 aromatic heterocycles. The zero-order chi connectivity index (χ0) is 17.2. The van der Waals surface area contributed by atoms with E-state index in [2.05, 4.69) is 34.6 Å². The lowest BCUT2D eigenvalue weighted by atomic mass is 10.1. The van der Waals surface area contributed by atoms with Crippen LogP contribution in [0.5, 0.6) is 0 Å². The molecule has 25 heavy (non-hydrogen) atoms. The van der Waals surface area contributed by atoms with Gasteiger partial charge in [-0.3, -0.25) is 4.68 Å². The molecule has 0 fully saturated rings. The van der Waals surface area contributed by atoms with Crippen molar-refractivity contribution in [1.29, 1.82) is 0 Å². The minimum absolute atomic E-state index is 0.159.